The molecule has 1 N–H and O–H groups in total. The summed E-state index contributed by atoms with van der Waals surface area (Å²) in [7, 11) is 0. The third-order valence-electron chi connectivity index (χ3n) is 4.98. The second kappa shape index (κ2) is 10.3. The molecule has 1 aromatic heterocycles. The van der Waals surface area contributed by atoms with Crippen molar-refractivity contribution in [3.8, 4) is 11.4 Å². The summed E-state index contributed by atoms with van der Waals surface area (Å²) in [4.78, 5) is 12.3. The number of rotatable bonds is 7. The largest absolute Gasteiger partial charge is 0.302 e. The summed E-state index contributed by atoms with van der Waals surface area (Å²) in [5.41, 5.74) is 6.58. The number of benzene rings is 2. The van der Waals surface area contributed by atoms with E-state index in [-0.39, 0.29) is 17.1 Å². The summed E-state index contributed by atoms with van der Waals surface area (Å²) >= 11 is 7.25. The van der Waals surface area contributed by atoms with Gasteiger partial charge >= 0.3 is 0 Å². The van der Waals surface area contributed by atoms with E-state index in [1.54, 1.807) is 12.1 Å². The highest BCUT2D eigenvalue weighted by Crippen LogP contribution is 2.27. The van der Waals surface area contributed by atoms with Crippen molar-refractivity contribution in [1.82, 2.24) is 20.2 Å². The van der Waals surface area contributed by atoms with Crippen molar-refractivity contribution < 1.29 is 4.79 Å². The van der Waals surface area contributed by atoms with Crippen molar-refractivity contribution in [3.63, 3.8) is 0 Å². The molecule has 0 saturated carbocycles. The van der Waals surface area contributed by atoms with Gasteiger partial charge in [0.15, 0.2) is 11.0 Å². The van der Waals surface area contributed by atoms with Gasteiger partial charge in [0.05, 0.1) is 11.5 Å². The predicted molar refractivity (Wildman–Crippen MR) is 132 cm³/mol. The Kier molecular flexibility index (Phi) is 7.74. The number of amides is 1. The Labute approximate surface area is 198 Å². The number of carbonyl (C=O) groups is 1. The monoisotopic (exact) mass is 469 g/mol. The van der Waals surface area contributed by atoms with Crippen LogP contribution in [0.5, 0.6) is 0 Å². The number of halogens is 1. The topological polar surface area (TPSA) is 72.2 Å². The first kappa shape index (κ1) is 24.0. The average Bonchev–Trinajstić information content (AvgIpc) is 3.19. The van der Waals surface area contributed by atoms with Gasteiger partial charge in [0.1, 0.15) is 0 Å². The van der Waals surface area contributed by atoms with E-state index in [1.165, 1.54) is 17.3 Å². The third kappa shape index (κ3) is 5.99. The second-order valence-corrected chi connectivity index (χ2v) is 9.78. The number of hydrogen-bond donors (Lipinski definition) is 1. The minimum atomic E-state index is -0.204. The molecule has 0 aliphatic carbocycles. The lowest BCUT2D eigenvalue weighted by Crippen LogP contribution is -2.21. The maximum Gasteiger partial charge on any atom is 0.250 e. The zero-order valence-corrected chi connectivity index (χ0v) is 20.6. The smallest absolute Gasteiger partial charge is 0.250 e. The normalized spacial score (nSPS) is 12.1. The third-order valence-corrected chi connectivity index (χ3v) is 6.20. The summed E-state index contributed by atoms with van der Waals surface area (Å²) in [6, 6.07) is 15.7. The number of hydrazone groups is 1. The van der Waals surface area contributed by atoms with Crippen molar-refractivity contribution in [1.29, 1.82) is 0 Å². The van der Waals surface area contributed by atoms with Crippen molar-refractivity contribution >= 4 is 35.0 Å². The van der Waals surface area contributed by atoms with Crippen molar-refractivity contribution in [3.05, 3.63) is 64.7 Å². The molecule has 2 aromatic carbocycles. The number of thioether (sulfide) groups is 1. The standard InChI is InChI=1S/C24H28ClN5OS/c1-6-30-22(18-7-11-19(12-8-18)24(3,4)5)28-29-23(30)32-15-21(31)27-26-16(2)17-9-13-20(25)14-10-17/h7-14H,6,15H2,1-5H3,(H,27,31). The molecule has 1 amide bonds. The molecule has 0 aliphatic rings. The first-order chi connectivity index (χ1) is 15.2. The van der Waals surface area contributed by atoms with Crippen LogP contribution in [0.25, 0.3) is 11.4 Å². The molecule has 168 valence electrons. The van der Waals surface area contributed by atoms with Crippen molar-refractivity contribution in [2.24, 2.45) is 5.10 Å². The molecule has 0 aliphatic heterocycles. The van der Waals surface area contributed by atoms with Crippen LogP contribution in [-0.2, 0) is 16.8 Å². The average molecular weight is 470 g/mol. The highest BCUT2D eigenvalue weighted by molar-refractivity contribution is 7.99. The van der Waals surface area contributed by atoms with E-state index in [0.717, 1.165) is 17.0 Å². The van der Waals surface area contributed by atoms with Crippen LogP contribution in [0.2, 0.25) is 5.02 Å². The van der Waals surface area contributed by atoms with Crippen molar-refractivity contribution in [2.45, 2.75) is 51.7 Å². The van der Waals surface area contributed by atoms with Crippen LogP contribution in [0, 0.1) is 0 Å². The minimum Gasteiger partial charge on any atom is -0.302 e. The van der Waals surface area contributed by atoms with Gasteiger partial charge in [-0.05, 0) is 42.5 Å². The zero-order chi connectivity index (χ0) is 23.3. The summed E-state index contributed by atoms with van der Waals surface area (Å²) in [6.45, 7) is 11.2. The summed E-state index contributed by atoms with van der Waals surface area (Å²) in [5.74, 6) is 0.788. The lowest BCUT2D eigenvalue weighted by atomic mass is 9.87. The van der Waals surface area contributed by atoms with E-state index in [1.807, 2.05) is 30.5 Å². The fourth-order valence-electron chi connectivity index (χ4n) is 3.08. The van der Waals surface area contributed by atoms with Gasteiger partial charge in [0.25, 0.3) is 5.91 Å². The molecular formula is C24H28ClN5OS. The van der Waals surface area contributed by atoms with Gasteiger partial charge in [-0.1, -0.05) is 80.5 Å². The first-order valence-electron chi connectivity index (χ1n) is 10.4. The second-order valence-electron chi connectivity index (χ2n) is 8.41. The molecule has 3 rings (SSSR count). The minimum absolute atomic E-state index is 0.0970. The molecule has 0 saturated heterocycles. The van der Waals surface area contributed by atoms with Crippen molar-refractivity contribution in [2.75, 3.05) is 5.75 Å². The molecule has 0 atom stereocenters. The zero-order valence-electron chi connectivity index (χ0n) is 19.0. The molecular weight excluding hydrogens is 442 g/mol. The van der Waals surface area contributed by atoms with E-state index in [2.05, 4.69) is 65.8 Å². The number of nitrogens with one attached hydrogen (secondary N) is 1. The summed E-state index contributed by atoms with van der Waals surface area (Å²) in [5, 5.41) is 14.2. The van der Waals surface area contributed by atoms with Gasteiger partial charge in [0, 0.05) is 17.1 Å². The number of nitrogens with zero attached hydrogens (tertiary/aromatic N) is 4. The van der Waals surface area contributed by atoms with Crippen LogP contribution in [-0.4, -0.2) is 32.1 Å². The number of aromatic nitrogens is 3. The molecule has 0 fully saturated rings. The van der Waals surface area contributed by atoms with Crippen LogP contribution in [0.3, 0.4) is 0 Å². The maximum atomic E-state index is 12.3. The molecule has 1 heterocycles. The predicted octanol–water partition coefficient (Wildman–Crippen LogP) is 5.55. The van der Waals surface area contributed by atoms with Crippen LogP contribution >= 0.6 is 23.4 Å². The Balaban J connectivity index is 1.64. The Hall–Kier alpha value is -2.64. The Morgan fingerprint density at radius 2 is 1.75 bits per heavy atom. The van der Waals surface area contributed by atoms with Gasteiger partial charge in [0.2, 0.25) is 0 Å². The van der Waals surface area contributed by atoms with Gasteiger partial charge < -0.3 is 4.57 Å². The SMILES string of the molecule is CCn1c(SCC(=O)NN=C(C)c2ccc(Cl)cc2)nnc1-c1ccc(C(C)(C)C)cc1. The fraction of sp³-hybridized carbons (Fsp3) is 0.333. The summed E-state index contributed by atoms with van der Waals surface area (Å²) in [6.07, 6.45) is 0. The van der Waals surface area contributed by atoms with Crippen LogP contribution in [0.4, 0.5) is 0 Å². The maximum absolute atomic E-state index is 12.3. The Bertz CT molecular complexity index is 1100. The highest BCUT2D eigenvalue weighted by atomic mass is 35.5. The molecule has 8 heteroatoms. The molecule has 3 aromatic rings. The molecule has 0 spiro atoms. The summed E-state index contributed by atoms with van der Waals surface area (Å²) < 4.78 is 2.02. The first-order valence-corrected chi connectivity index (χ1v) is 11.8. The Morgan fingerprint density at radius 3 is 2.34 bits per heavy atom. The van der Waals surface area contributed by atoms with E-state index in [9.17, 15) is 4.79 Å². The van der Waals surface area contributed by atoms with Gasteiger partial charge in [-0.15, -0.1) is 10.2 Å². The Morgan fingerprint density at radius 1 is 1.09 bits per heavy atom. The molecule has 0 unspecified atom stereocenters. The van der Waals surface area contributed by atoms with Gasteiger partial charge in [-0.25, -0.2) is 5.43 Å². The van der Waals surface area contributed by atoms with Gasteiger partial charge in [-0.3, -0.25) is 4.79 Å². The van der Waals surface area contributed by atoms with Gasteiger partial charge in [-0.2, -0.15) is 5.10 Å². The molecule has 32 heavy (non-hydrogen) atoms. The van der Waals surface area contributed by atoms with Crippen LogP contribution in [0.15, 0.2) is 58.8 Å². The lowest BCUT2D eigenvalue weighted by molar-refractivity contribution is -0.118. The quantitative estimate of drug-likeness (QED) is 0.280. The van der Waals surface area contributed by atoms with E-state index >= 15 is 0 Å². The van der Waals surface area contributed by atoms with E-state index in [0.29, 0.717) is 22.4 Å². The highest BCUT2D eigenvalue weighted by Gasteiger charge is 2.17. The van der Waals surface area contributed by atoms with E-state index < -0.39 is 0 Å². The molecule has 6 nitrogen and oxygen atoms in total. The molecule has 0 bridgehead atoms. The lowest BCUT2D eigenvalue weighted by Gasteiger charge is -2.19. The number of carbonyl (C=O) groups excluding carboxylic acids is 1. The van der Waals surface area contributed by atoms with E-state index in [4.69, 9.17) is 11.6 Å². The number of hydrogen-bond acceptors (Lipinski definition) is 5. The van der Waals surface area contributed by atoms with Crippen LogP contribution in [0.1, 0.15) is 45.7 Å². The van der Waals surface area contributed by atoms with Crippen LogP contribution < -0.4 is 5.43 Å². The fourth-order valence-corrected chi connectivity index (χ4v) is 4.00. The molecule has 0 radical (unpaired) electrons.